The van der Waals surface area contributed by atoms with E-state index in [1.165, 1.54) is 28.6 Å². The number of thioether (sulfide) groups is 1. The Morgan fingerprint density at radius 1 is 1.28 bits per heavy atom. The first-order valence-electron chi connectivity index (χ1n) is 9.42. The number of hydrogen-bond acceptors (Lipinski definition) is 6. The van der Waals surface area contributed by atoms with E-state index >= 15 is 0 Å². The molecule has 0 fully saturated rings. The van der Waals surface area contributed by atoms with Crippen molar-refractivity contribution >= 4 is 61.1 Å². The van der Waals surface area contributed by atoms with Gasteiger partial charge in [-0.15, -0.1) is 11.3 Å². The number of carbonyl (C=O) groups excluding carboxylic acids is 2. The fourth-order valence-corrected chi connectivity index (χ4v) is 6.14. The van der Waals surface area contributed by atoms with Gasteiger partial charge in [0.2, 0.25) is 5.91 Å². The normalized spacial score (nSPS) is 15.9. The summed E-state index contributed by atoms with van der Waals surface area (Å²) < 4.78 is 0.882. The molecule has 1 unspecified atom stereocenters. The minimum absolute atomic E-state index is 0.134. The molecule has 2 heterocycles. The molecule has 1 aliphatic rings. The number of nitrogens with one attached hydrogen (secondary N) is 1. The van der Waals surface area contributed by atoms with Crippen LogP contribution in [-0.4, -0.2) is 27.5 Å². The van der Waals surface area contributed by atoms with Gasteiger partial charge in [0, 0.05) is 20.3 Å². The average Bonchev–Trinajstić information content (AvgIpc) is 3.03. The molecule has 3 aromatic rings. The van der Waals surface area contributed by atoms with Crippen molar-refractivity contribution < 1.29 is 9.59 Å². The van der Waals surface area contributed by atoms with Gasteiger partial charge in [-0.3, -0.25) is 14.9 Å². The van der Waals surface area contributed by atoms with Gasteiger partial charge in [0.05, 0.1) is 5.75 Å². The van der Waals surface area contributed by atoms with Crippen LogP contribution < -0.4 is 5.32 Å². The molecule has 29 heavy (non-hydrogen) atoms. The Morgan fingerprint density at radius 3 is 2.79 bits per heavy atom. The Balaban J connectivity index is 1.50. The van der Waals surface area contributed by atoms with E-state index < -0.39 is 5.91 Å². The summed E-state index contributed by atoms with van der Waals surface area (Å²) >= 11 is 6.46. The summed E-state index contributed by atoms with van der Waals surface area (Å²) in [4.78, 5) is 36.2. The van der Waals surface area contributed by atoms with Gasteiger partial charge in [-0.2, -0.15) is 0 Å². The maximum Gasteiger partial charge on any atom is 0.257 e. The van der Waals surface area contributed by atoms with Crippen molar-refractivity contribution in [1.29, 1.82) is 0 Å². The summed E-state index contributed by atoms with van der Waals surface area (Å²) in [6.07, 6.45) is 3.28. The van der Waals surface area contributed by atoms with Crippen LogP contribution in [0.5, 0.6) is 0 Å². The molecule has 1 atom stereocenters. The molecule has 8 heteroatoms. The molecule has 4 rings (SSSR count). The summed E-state index contributed by atoms with van der Waals surface area (Å²) in [5.41, 5.74) is 1.80. The van der Waals surface area contributed by atoms with E-state index in [-0.39, 0.29) is 11.7 Å². The molecule has 0 radical (unpaired) electrons. The number of thiophene rings is 1. The Morgan fingerprint density at radius 2 is 2.03 bits per heavy atom. The Bertz CT molecular complexity index is 1100. The SMILES string of the molecule is Cc1nc(SCC(=O)NC(=O)c2ccc(Br)cc2)c2c3c(sc2n1)CC(C)CC3. The van der Waals surface area contributed by atoms with Crippen molar-refractivity contribution in [3.05, 3.63) is 50.6 Å². The number of aromatic nitrogens is 2. The minimum Gasteiger partial charge on any atom is -0.292 e. The lowest BCUT2D eigenvalue weighted by molar-refractivity contribution is -0.117. The van der Waals surface area contributed by atoms with Gasteiger partial charge in [0.15, 0.2) is 0 Å². The molecule has 0 saturated carbocycles. The highest BCUT2D eigenvalue weighted by atomic mass is 79.9. The monoisotopic (exact) mass is 489 g/mol. The van der Waals surface area contributed by atoms with Crippen molar-refractivity contribution in [2.24, 2.45) is 5.92 Å². The van der Waals surface area contributed by atoms with Crippen LogP contribution in [0, 0.1) is 12.8 Å². The summed E-state index contributed by atoms with van der Waals surface area (Å²) in [5, 5.41) is 4.39. The van der Waals surface area contributed by atoms with Gasteiger partial charge in [0.25, 0.3) is 5.91 Å². The zero-order chi connectivity index (χ0) is 20.5. The summed E-state index contributed by atoms with van der Waals surface area (Å²) in [6.45, 7) is 4.16. The first-order chi connectivity index (χ1) is 13.9. The average molecular weight is 490 g/mol. The van der Waals surface area contributed by atoms with Crippen LogP contribution in [0.4, 0.5) is 0 Å². The van der Waals surface area contributed by atoms with Crippen LogP contribution in [0.2, 0.25) is 0 Å². The molecule has 5 nitrogen and oxygen atoms in total. The molecule has 2 amide bonds. The molecule has 1 N–H and O–H groups in total. The van der Waals surface area contributed by atoms with Crippen LogP contribution in [-0.2, 0) is 17.6 Å². The standard InChI is InChI=1S/C21H20BrN3O2S2/c1-11-3-8-15-16(9-11)29-21-18(15)20(23-12(2)24-21)28-10-17(26)25-19(27)13-4-6-14(22)7-5-13/h4-7,11H,3,8-10H2,1-2H3,(H,25,26,27). The molecular formula is C21H20BrN3O2S2. The van der Waals surface area contributed by atoms with Crippen LogP contribution in [0.1, 0.15) is 40.0 Å². The van der Waals surface area contributed by atoms with Crippen molar-refractivity contribution in [2.45, 2.75) is 38.1 Å². The predicted octanol–water partition coefficient (Wildman–Crippen LogP) is 4.94. The Kier molecular flexibility index (Phi) is 6.03. The Hall–Kier alpha value is -1.77. The van der Waals surface area contributed by atoms with E-state index in [0.717, 1.165) is 32.6 Å². The third-order valence-electron chi connectivity index (χ3n) is 4.93. The summed E-state index contributed by atoms with van der Waals surface area (Å²) in [5.74, 6) is 0.808. The van der Waals surface area contributed by atoms with Crippen molar-refractivity contribution in [3.8, 4) is 0 Å². The molecule has 0 spiro atoms. The highest BCUT2D eigenvalue weighted by molar-refractivity contribution is 9.10. The highest BCUT2D eigenvalue weighted by Crippen LogP contribution is 2.40. The fraction of sp³-hybridized carbons (Fsp3) is 0.333. The third-order valence-corrected chi connectivity index (χ3v) is 7.59. The number of rotatable bonds is 4. The van der Waals surface area contributed by atoms with Crippen LogP contribution >= 0.6 is 39.0 Å². The topological polar surface area (TPSA) is 72.0 Å². The molecule has 0 saturated heterocycles. The van der Waals surface area contributed by atoms with E-state index in [4.69, 9.17) is 0 Å². The Labute approximate surface area is 185 Å². The van der Waals surface area contributed by atoms with Gasteiger partial charge in [0.1, 0.15) is 15.7 Å². The number of nitrogens with zero attached hydrogens (tertiary/aromatic N) is 2. The molecule has 0 bridgehead atoms. The van der Waals surface area contributed by atoms with Gasteiger partial charge in [-0.25, -0.2) is 9.97 Å². The number of carbonyl (C=O) groups is 2. The number of fused-ring (bicyclic) bond motifs is 3. The number of benzene rings is 1. The van der Waals surface area contributed by atoms with E-state index in [0.29, 0.717) is 17.3 Å². The second kappa shape index (κ2) is 8.53. The molecular weight excluding hydrogens is 470 g/mol. The maximum absolute atomic E-state index is 12.4. The first-order valence-corrected chi connectivity index (χ1v) is 12.0. The van der Waals surface area contributed by atoms with Gasteiger partial charge < -0.3 is 0 Å². The van der Waals surface area contributed by atoms with Crippen molar-refractivity contribution in [1.82, 2.24) is 15.3 Å². The summed E-state index contributed by atoms with van der Waals surface area (Å²) in [7, 11) is 0. The zero-order valence-corrected chi connectivity index (χ0v) is 19.3. The largest absolute Gasteiger partial charge is 0.292 e. The lowest BCUT2D eigenvalue weighted by Gasteiger charge is -2.18. The second-order valence-corrected chi connectivity index (χ2v) is 10.2. The van der Waals surface area contributed by atoms with Gasteiger partial charge >= 0.3 is 0 Å². The lowest BCUT2D eigenvalue weighted by Crippen LogP contribution is -2.31. The van der Waals surface area contributed by atoms with Crippen molar-refractivity contribution in [3.63, 3.8) is 0 Å². The van der Waals surface area contributed by atoms with Crippen LogP contribution in [0.3, 0.4) is 0 Å². The van der Waals surface area contributed by atoms with E-state index in [1.807, 2.05) is 6.92 Å². The minimum atomic E-state index is -0.394. The molecule has 2 aromatic heterocycles. The first kappa shape index (κ1) is 20.5. The highest BCUT2D eigenvalue weighted by Gasteiger charge is 2.24. The van der Waals surface area contributed by atoms with Crippen LogP contribution in [0.25, 0.3) is 10.2 Å². The van der Waals surface area contributed by atoms with E-state index in [2.05, 4.69) is 38.1 Å². The molecule has 1 aromatic carbocycles. The predicted molar refractivity (Wildman–Crippen MR) is 121 cm³/mol. The molecule has 0 aliphatic heterocycles. The number of aryl methyl sites for hydroxylation is 2. The number of halogens is 1. The van der Waals surface area contributed by atoms with Crippen molar-refractivity contribution in [2.75, 3.05) is 5.75 Å². The zero-order valence-electron chi connectivity index (χ0n) is 16.1. The smallest absolute Gasteiger partial charge is 0.257 e. The second-order valence-electron chi connectivity index (χ2n) is 7.28. The fourth-order valence-electron chi connectivity index (χ4n) is 3.48. The number of hydrogen-bond donors (Lipinski definition) is 1. The molecule has 1 aliphatic carbocycles. The third kappa shape index (κ3) is 4.54. The van der Waals surface area contributed by atoms with Crippen LogP contribution in [0.15, 0.2) is 33.8 Å². The maximum atomic E-state index is 12.4. The van der Waals surface area contributed by atoms with E-state index in [9.17, 15) is 9.59 Å². The summed E-state index contributed by atoms with van der Waals surface area (Å²) in [6, 6.07) is 6.90. The van der Waals surface area contributed by atoms with Gasteiger partial charge in [-0.05, 0) is 61.9 Å². The van der Waals surface area contributed by atoms with E-state index in [1.54, 1.807) is 35.6 Å². The quantitative estimate of drug-likeness (QED) is 0.415. The van der Waals surface area contributed by atoms with Gasteiger partial charge in [-0.1, -0.05) is 34.6 Å². The molecule has 150 valence electrons. The number of imide groups is 1. The lowest BCUT2D eigenvalue weighted by atomic mass is 9.89. The number of amides is 2.